The number of ether oxygens (including phenoxy) is 1. The Kier molecular flexibility index (Phi) is 3.12. The molecule has 0 aliphatic carbocycles. The van der Waals surface area contributed by atoms with Crippen LogP contribution in [0, 0.1) is 4.77 Å². The van der Waals surface area contributed by atoms with Crippen LogP contribution in [0.15, 0.2) is 41.0 Å². The van der Waals surface area contributed by atoms with Crippen molar-refractivity contribution in [2.75, 3.05) is 7.11 Å². The van der Waals surface area contributed by atoms with Gasteiger partial charge in [0.2, 0.25) is 0 Å². The monoisotopic (exact) mass is 335 g/mol. The standard InChI is InChI=1S/C13H10BrN3OS/c1-18-11-5-3-2-4-10(11)17-12-9(16-13(17)19)6-8(14)7-15-12/h2-7H,1H3,(H,16,19). The predicted molar refractivity (Wildman–Crippen MR) is 80.5 cm³/mol. The molecule has 96 valence electrons. The summed E-state index contributed by atoms with van der Waals surface area (Å²) in [6, 6.07) is 9.66. The van der Waals surface area contributed by atoms with Crippen molar-refractivity contribution < 1.29 is 4.74 Å². The topological polar surface area (TPSA) is 42.8 Å². The van der Waals surface area contributed by atoms with Gasteiger partial charge in [0, 0.05) is 10.7 Å². The van der Waals surface area contributed by atoms with Gasteiger partial charge in [0.25, 0.3) is 0 Å². The minimum atomic E-state index is 0.588. The van der Waals surface area contributed by atoms with Crippen LogP contribution in [-0.2, 0) is 0 Å². The van der Waals surface area contributed by atoms with Crippen LogP contribution in [0.2, 0.25) is 0 Å². The van der Waals surface area contributed by atoms with Gasteiger partial charge in [-0.3, -0.25) is 4.57 Å². The third-order valence-electron chi connectivity index (χ3n) is 2.82. The fraction of sp³-hybridized carbons (Fsp3) is 0.0769. The summed E-state index contributed by atoms with van der Waals surface area (Å²) in [5, 5.41) is 0. The van der Waals surface area contributed by atoms with Crippen LogP contribution in [0.3, 0.4) is 0 Å². The molecule has 0 saturated carbocycles. The maximum absolute atomic E-state index is 5.38. The Labute approximate surface area is 123 Å². The molecular weight excluding hydrogens is 326 g/mol. The third-order valence-corrected chi connectivity index (χ3v) is 3.53. The van der Waals surface area contributed by atoms with Crippen molar-refractivity contribution in [3.63, 3.8) is 0 Å². The number of nitrogens with zero attached hydrogens (tertiary/aromatic N) is 2. The van der Waals surface area contributed by atoms with E-state index in [-0.39, 0.29) is 0 Å². The Morgan fingerprint density at radius 1 is 1.37 bits per heavy atom. The SMILES string of the molecule is COc1ccccc1-n1c(=S)[nH]c2cc(Br)cnc21. The van der Waals surface area contributed by atoms with Crippen LogP contribution in [-0.4, -0.2) is 21.6 Å². The second-order valence-electron chi connectivity index (χ2n) is 3.96. The summed E-state index contributed by atoms with van der Waals surface area (Å²) in [6.45, 7) is 0. The molecular formula is C13H10BrN3OS. The number of hydrogen-bond donors (Lipinski definition) is 1. The fourth-order valence-corrected chi connectivity index (χ4v) is 2.63. The summed E-state index contributed by atoms with van der Waals surface area (Å²) in [5.41, 5.74) is 2.53. The highest BCUT2D eigenvalue weighted by molar-refractivity contribution is 9.10. The van der Waals surface area contributed by atoms with E-state index in [9.17, 15) is 0 Å². The van der Waals surface area contributed by atoms with Crippen molar-refractivity contribution in [3.8, 4) is 11.4 Å². The molecule has 3 rings (SSSR count). The first kappa shape index (κ1) is 12.4. The molecule has 0 spiro atoms. The molecule has 4 nitrogen and oxygen atoms in total. The van der Waals surface area contributed by atoms with Gasteiger partial charge in [0.1, 0.15) is 5.75 Å². The maximum Gasteiger partial charge on any atom is 0.184 e. The molecule has 0 unspecified atom stereocenters. The van der Waals surface area contributed by atoms with Gasteiger partial charge in [-0.15, -0.1) is 0 Å². The highest BCUT2D eigenvalue weighted by Crippen LogP contribution is 2.26. The third kappa shape index (κ3) is 2.06. The number of nitrogens with one attached hydrogen (secondary N) is 1. The van der Waals surface area contributed by atoms with Gasteiger partial charge in [0.15, 0.2) is 10.4 Å². The zero-order chi connectivity index (χ0) is 13.4. The fourth-order valence-electron chi connectivity index (χ4n) is 2.01. The predicted octanol–water partition coefficient (Wildman–Crippen LogP) is 3.85. The number of para-hydroxylation sites is 2. The minimum Gasteiger partial charge on any atom is -0.495 e. The molecule has 0 fully saturated rings. The van der Waals surface area contributed by atoms with Gasteiger partial charge in [0.05, 0.1) is 18.3 Å². The quantitative estimate of drug-likeness (QED) is 0.723. The number of H-pyrrole nitrogens is 1. The van der Waals surface area contributed by atoms with Crippen LogP contribution < -0.4 is 4.74 Å². The number of rotatable bonds is 2. The Bertz CT molecular complexity index is 809. The molecule has 0 atom stereocenters. The van der Waals surface area contributed by atoms with Crippen LogP contribution in [0.25, 0.3) is 16.9 Å². The molecule has 0 radical (unpaired) electrons. The second-order valence-corrected chi connectivity index (χ2v) is 5.26. The normalized spacial score (nSPS) is 10.8. The van der Waals surface area contributed by atoms with Gasteiger partial charge in [-0.25, -0.2) is 4.98 Å². The number of imidazole rings is 1. The van der Waals surface area contributed by atoms with Crippen molar-refractivity contribution >= 4 is 39.3 Å². The number of pyridine rings is 1. The van der Waals surface area contributed by atoms with Gasteiger partial charge >= 0.3 is 0 Å². The van der Waals surface area contributed by atoms with E-state index in [0.29, 0.717) is 4.77 Å². The summed E-state index contributed by atoms with van der Waals surface area (Å²) >= 11 is 8.78. The molecule has 0 saturated heterocycles. The van der Waals surface area contributed by atoms with Gasteiger partial charge in [-0.2, -0.15) is 0 Å². The molecule has 19 heavy (non-hydrogen) atoms. The van der Waals surface area contributed by atoms with E-state index in [0.717, 1.165) is 27.1 Å². The molecule has 1 aromatic carbocycles. The van der Waals surface area contributed by atoms with E-state index >= 15 is 0 Å². The molecule has 6 heteroatoms. The molecule has 1 N–H and O–H groups in total. The number of benzene rings is 1. The zero-order valence-electron chi connectivity index (χ0n) is 10.1. The van der Waals surface area contributed by atoms with E-state index in [2.05, 4.69) is 25.9 Å². The van der Waals surface area contributed by atoms with Crippen molar-refractivity contribution in [1.29, 1.82) is 0 Å². The van der Waals surface area contributed by atoms with Crippen LogP contribution >= 0.6 is 28.1 Å². The van der Waals surface area contributed by atoms with Crippen LogP contribution in [0.4, 0.5) is 0 Å². The van der Waals surface area contributed by atoms with Gasteiger partial charge < -0.3 is 9.72 Å². The molecule has 0 aliphatic rings. The number of methoxy groups -OCH3 is 1. The average molecular weight is 336 g/mol. The molecule has 0 bridgehead atoms. The Balaban J connectivity index is 2.36. The largest absolute Gasteiger partial charge is 0.495 e. The molecule has 0 amide bonds. The summed E-state index contributed by atoms with van der Waals surface area (Å²) < 4.78 is 8.74. The van der Waals surface area contributed by atoms with E-state index in [1.165, 1.54) is 0 Å². The van der Waals surface area contributed by atoms with Gasteiger partial charge in [-0.05, 0) is 46.3 Å². The average Bonchev–Trinajstić information content (AvgIpc) is 2.73. The Morgan fingerprint density at radius 2 is 2.16 bits per heavy atom. The van der Waals surface area contributed by atoms with Crippen molar-refractivity contribution in [2.24, 2.45) is 0 Å². The highest BCUT2D eigenvalue weighted by atomic mass is 79.9. The second kappa shape index (κ2) is 4.79. The lowest BCUT2D eigenvalue weighted by atomic mass is 10.3. The van der Waals surface area contributed by atoms with E-state index in [1.807, 2.05) is 34.9 Å². The molecule has 2 aromatic heterocycles. The van der Waals surface area contributed by atoms with Crippen molar-refractivity contribution in [3.05, 3.63) is 45.8 Å². The van der Waals surface area contributed by atoms with Crippen LogP contribution in [0.1, 0.15) is 0 Å². The van der Waals surface area contributed by atoms with Crippen molar-refractivity contribution in [1.82, 2.24) is 14.5 Å². The minimum absolute atomic E-state index is 0.588. The molecule has 3 aromatic rings. The number of halogens is 1. The number of hydrogen-bond acceptors (Lipinski definition) is 3. The van der Waals surface area contributed by atoms with Crippen molar-refractivity contribution in [2.45, 2.75) is 0 Å². The van der Waals surface area contributed by atoms with E-state index in [4.69, 9.17) is 17.0 Å². The summed E-state index contributed by atoms with van der Waals surface area (Å²) in [4.78, 5) is 7.56. The summed E-state index contributed by atoms with van der Waals surface area (Å²) in [5.74, 6) is 0.754. The lowest BCUT2D eigenvalue weighted by Crippen LogP contribution is -1.98. The Morgan fingerprint density at radius 3 is 2.95 bits per heavy atom. The first-order valence-electron chi connectivity index (χ1n) is 5.60. The van der Waals surface area contributed by atoms with Gasteiger partial charge in [-0.1, -0.05) is 12.1 Å². The smallest absolute Gasteiger partial charge is 0.184 e. The highest BCUT2D eigenvalue weighted by Gasteiger charge is 2.11. The zero-order valence-corrected chi connectivity index (χ0v) is 12.5. The van der Waals surface area contributed by atoms with Crippen LogP contribution in [0.5, 0.6) is 5.75 Å². The van der Waals surface area contributed by atoms with E-state index in [1.54, 1.807) is 13.3 Å². The number of aromatic amines is 1. The lowest BCUT2D eigenvalue weighted by Gasteiger charge is -2.09. The number of aromatic nitrogens is 3. The molecule has 0 aliphatic heterocycles. The number of fused-ring (bicyclic) bond motifs is 1. The lowest BCUT2D eigenvalue weighted by molar-refractivity contribution is 0.413. The van der Waals surface area contributed by atoms with E-state index < -0.39 is 0 Å². The summed E-state index contributed by atoms with van der Waals surface area (Å²) in [6.07, 6.45) is 1.75. The maximum atomic E-state index is 5.38. The summed E-state index contributed by atoms with van der Waals surface area (Å²) in [7, 11) is 1.64. The first-order chi connectivity index (χ1) is 9.20. The Hall–Kier alpha value is -1.66. The first-order valence-corrected chi connectivity index (χ1v) is 6.80. The molecule has 2 heterocycles.